The average Bonchev–Trinajstić information content (AvgIpc) is 3.14. The minimum atomic E-state index is -0.0288. The zero-order valence-electron chi connectivity index (χ0n) is 29.0. The first kappa shape index (κ1) is 26.5. The van der Waals surface area contributed by atoms with Crippen molar-refractivity contribution in [2.45, 2.75) is 26.2 Å². The van der Waals surface area contributed by atoms with Crippen molar-refractivity contribution in [1.29, 1.82) is 0 Å². The molecule has 0 unspecified atom stereocenters. The van der Waals surface area contributed by atoms with E-state index in [9.17, 15) is 2.74 Å². The number of para-hydroxylation sites is 1. The summed E-state index contributed by atoms with van der Waals surface area (Å²) in [4.78, 5) is 2.24. The average molecular weight is 606 g/mol. The lowest BCUT2D eigenvalue weighted by Gasteiger charge is -2.26. The van der Waals surface area contributed by atoms with Gasteiger partial charge in [0.2, 0.25) is 0 Å². The van der Waals surface area contributed by atoms with Crippen molar-refractivity contribution >= 4 is 72.3 Å². The third-order valence-electron chi connectivity index (χ3n) is 9.16. The van der Waals surface area contributed by atoms with Gasteiger partial charge in [0, 0.05) is 17.1 Å². The predicted octanol–water partition coefficient (Wildman–Crippen LogP) is 13.2. The zero-order chi connectivity index (χ0) is 33.7. The molecule has 47 heavy (non-hydrogen) atoms. The number of benzene rings is 8. The summed E-state index contributed by atoms with van der Waals surface area (Å²) in [7, 11) is 0. The van der Waals surface area contributed by atoms with Crippen LogP contribution in [0.5, 0.6) is 0 Å². The molecule has 0 N–H and O–H groups in total. The van der Waals surface area contributed by atoms with Crippen molar-refractivity contribution in [1.82, 2.24) is 0 Å². The third kappa shape index (κ3) is 5.34. The normalized spacial score (nSPS) is 13.1. The minimum absolute atomic E-state index is 0.0288. The Labute approximate surface area is 279 Å². The fourth-order valence-electron chi connectivity index (χ4n) is 6.85. The quantitative estimate of drug-likeness (QED) is 0.139. The van der Waals surface area contributed by atoms with Crippen LogP contribution in [0.4, 0.5) is 17.1 Å². The van der Waals surface area contributed by atoms with E-state index in [0.717, 1.165) is 38.8 Å². The molecule has 0 saturated carbocycles. The molecular weight excluding hydrogens is 567 g/mol. The van der Waals surface area contributed by atoms with Crippen LogP contribution in [0.15, 0.2) is 158 Å². The number of fused-ring (bicyclic) bond motifs is 6. The fourth-order valence-corrected chi connectivity index (χ4v) is 6.85. The lowest BCUT2D eigenvalue weighted by atomic mass is 9.81. The van der Waals surface area contributed by atoms with Crippen LogP contribution >= 0.6 is 0 Å². The summed E-state index contributed by atoms with van der Waals surface area (Å²) < 4.78 is 18.7. The van der Waals surface area contributed by atoms with Crippen LogP contribution in [-0.4, -0.2) is 0 Å². The summed E-state index contributed by atoms with van der Waals surface area (Å²) in [6.07, 6.45) is 0. The standard InChI is InChI=1S/C46H37N/c1-46(2,3)45-31-44-40-18-10-9-17-39(40)35(30-43(44)41-19-11-12-20-42(41)45)24-21-32-22-26-37(27-23-32)47(36-15-5-4-6-16-36)38-28-25-33-13-7-8-14-34(33)29-38/h4-31H,1-3H3/b24-21+/i21D,24D. The van der Waals surface area contributed by atoms with Crippen LogP contribution in [0, 0.1) is 0 Å². The SMILES string of the molecule is [2H]/C(=C(/[2H])c1cc2c3ccccc3c(C(C)(C)C)cc2c2ccccc12)c1ccc(N(c2ccccc2)c2ccc3ccccc3c2)cc1. The second kappa shape index (κ2) is 11.6. The molecule has 0 amide bonds. The van der Waals surface area contributed by atoms with Crippen LogP contribution in [0.2, 0.25) is 0 Å². The molecule has 8 aromatic rings. The third-order valence-corrected chi connectivity index (χ3v) is 9.16. The van der Waals surface area contributed by atoms with Gasteiger partial charge in [0.15, 0.2) is 0 Å². The van der Waals surface area contributed by atoms with Crippen LogP contribution in [0.3, 0.4) is 0 Å². The van der Waals surface area contributed by atoms with Gasteiger partial charge in [-0.15, -0.1) is 0 Å². The Morgan fingerprint density at radius 2 is 1.00 bits per heavy atom. The van der Waals surface area contributed by atoms with E-state index < -0.39 is 0 Å². The highest BCUT2D eigenvalue weighted by molar-refractivity contribution is 6.20. The Morgan fingerprint density at radius 3 is 1.72 bits per heavy atom. The highest BCUT2D eigenvalue weighted by Crippen LogP contribution is 2.40. The van der Waals surface area contributed by atoms with Gasteiger partial charge in [-0.2, -0.15) is 0 Å². The van der Waals surface area contributed by atoms with E-state index in [-0.39, 0.29) is 17.5 Å². The molecule has 0 aliphatic rings. The minimum Gasteiger partial charge on any atom is -0.310 e. The van der Waals surface area contributed by atoms with E-state index in [4.69, 9.17) is 0 Å². The second-order valence-electron chi connectivity index (χ2n) is 13.3. The van der Waals surface area contributed by atoms with Gasteiger partial charge in [-0.05, 0) is 114 Å². The maximum absolute atomic E-state index is 9.43. The molecule has 1 heteroatoms. The number of hydrogen-bond donors (Lipinski definition) is 0. The molecule has 0 aliphatic heterocycles. The first-order valence-electron chi connectivity index (χ1n) is 17.3. The second-order valence-corrected chi connectivity index (χ2v) is 13.3. The van der Waals surface area contributed by atoms with Gasteiger partial charge in [0.25, 0.3) is 0 Å². The van der Waals surface area contributed by atoms with E-state index in [1.807, 2.05) is 24.3 Å². The Kier molecular flexibility index (Phi) is 6.56. The molecule has 0 bridgehead atoms. The maximum atomic E-state index is 9.43. The Morgan fingerprint density at radius 1 is 0.447 bits per heavy atom. The van der Waals surface area contributed by atoms with E-state index in [1.54, 1.807) is 0 Å². The van der Waals surface area contributed by atoms with Crippen LogP contribution in [-0.2, 0) is 5.41 Å². The summed E-state index contributed by atoms with van der Waals surface area (Å²) in [6, 6.07) is 55.1. The molecule has 0 heterocycles. The first-order chi connectivity index (χ1) is 23.8. The van der Waals surface area contributed by atoms with Gasteiger partial charge in [-0.1, -0.05) is 142 Å². The van der Waals surface area contributed by atoms with E-state index in [1.165, 1.54) is 32.5 Å². The molecule has 1 nitrogen and oxygen atoms in total. The highest BCUT2D eigenvalue weighted by atomic mass is 15.1. The molecule has 0 radical (unpaired) electrons. The largest absolute Gasteiger partial charge is 0.310 e. The molecule has 8 rings (SSSR count). The van der Waals surface area contributed by atoms with Gasteiger partial charge in [0.1, 0.15) is 0 Å². The van der Waals surface area contributed by atoms with Crippen molar-refractivity contribution in [2.24, 2.45) is 0 Å². The molecule has 226 valence electrons. The van der Waals surface area contributed by atoms with Crippen molar-refractivity contribution in [3.8, 4) is 0 Å². The summed E-state index contributed by atoms with van der Waals surface area (Å²) in [5.74, 6) is 0. The molecule has 0 atom stereocenters. The van der Waals surface area contributed by atoms with Gasteiger partial charge >= 0.3 is 0 Å². The predicted molar refractivity (Wildman–Crippen MR) is 205 cm³/mol. The molecule has 0 aromatic heterocycles. The topological polar surface area (TPSA) is 3.24 Å². The number of rotatable bonds is 5. The smallest absolute Gasteiger partial charge is 0.0629 e. The maximum Gasteiger partial charge on any atom is 0.0629 e. The number of nitrogens with zero attached hydrogens (tertiary/aromatic N) is 1. The molecule has 8 aromatic carbocycles. The van der Waals surface area contributed by atoms with Crippen molar-refractivity contribution in [3.63, 3.8) is 0 Å². The highest BCUT2D eigenvalue weighted by Gasteiger charge is 2.20. The fraction of sp³-hybridized carbons (Fsp3) is 0.0870. The summed E-state index contributed by atoms with van der Waals surface area (Å²) in [5, 5.41) is 9.17. The van der Waals surface area contributed by atoms with Crippen molar-refractivity contribution in [3.05, 3.63) is 174 Å². The number of hydrogen-bond acceptors (Lipinski definition) is 1. The van der Waals surface area contributed by atoms with Gasteiger partial charge in [-0.25, -0.2) is 0 Å². The number of anilines is 3. The Balaban J connectivity index is 1.26. The summed E-state index contributed by atoms with van der Waals surface area (Å²) in [5.41, 5.74) is 5.86. The van der Waals surface area contributed by atoms with Crippen LogP contribution in [0.25, 0.3) is 55.2 Å². The lowest BCUT2D eigenvalue weighted by Crippen LogP contribution is -2.11. The van der Waals surface area contributed by atoms with E-state index in [2.05, 4.69) is 159 Å². The Bertz CT molecular complexity index is 2540. The molecular formula is C46H37N. The van der Waals surface area contributed by atoms with Gasteiger partial charge < -0.3 is 4.90 Å². The van der Waals surface area contributed by atoms with Crippen molar-refractivity contribution in [2.75, 3.05) is 4.90 Å². The molecule has 0 saturated heterocycles. The summed E-state index contributed by atoms with van der Waals surface area (Å²) in [6.45, 7) is 6.79. The molecule has 0 aliphatic carbocycles. The van der Waals surface area contributed by atoms with E-state index >= 15 is 0 Å². The first-order valence-corrected chi connectivity index (χ1v) is 16.3. The van der Waals surface area contributed by atoms with Gasteiger partial charge in [0.05, 0.1) is 2.74 Å². The van der Waals surface area contributed by atoms with E-state index in [0.29, 0.717) is 5.56 Å². The Hall–Kier alpha value is -5.66. The molecule has 0 fully saturated rings. The van der Waals surface area contributed by atoms with Crippen LogP contribution < -0.4 is 4.90 Å². The summed E-state index contributed by atoms with van der Waals surface area (Å²) >= 11 is 0. The zero-order valence-corrected chi connectivity index (χ0v) is 27.0. The molecule has 0 spiro atoms. The lowest BCUT2D eigenvalue weighted by molar-refractivity contribution is 0.596. The monoisotopic (exact) mass is 605 g/mol. The van der Waals surface area contributed by atoms with Gasteiger partial charge in [-0.3, -0.25) is 0 Å². The van der Waals surface area contributed by atoms with Crippen LogP contribution in [0.1, 0.15) is 40.2 Å². The van der Waals surface area contributed by atoms with Crippen molar-refractivity contribution < 1.29 is 2.74 Å².